The Morgan fingerprint density at radius 3 is 2.72 bits per heavy atom. The molecule has 1 aromatic heterocycles. The number of hydrogen-bond donors (Lipinski definition) is 1. The molecule has 0 aliphatic carbocycles. The third kappa shape index (κ3) is 1.26. The SMILES string of the molecule is CC1c2c(C(=O)O)ncn2-c2ccccc2N1[O-]. The standard InChI is InChI=1S/C12H10N3O3/c1-7-11-10(12(16)17)13-6-14(11)8-4-2-3-5-9(8)15(7)18/h2-7H,1H3,(H,16,17)/q-1. The van der Waals surface area contributed by atoms with Gasteiger partial charge in [0.15, 0.2) is 5.69 Å². The first-order chi connectivity index (χ1) is 8.61. The van der Waals surface area contributed by atoms with Crippen molar-refractivity contribution < 1.29 is 9.90 Å². The molecule has 18 heavy (non-hydrogen) atoms. The maximum atomic E-state index is 12.1. The van der Waals surface area contributed by atoms with Gasteiger partial charge in [-0.25, -0.2) is 9.78 Å². The molecule has 2 aromatic rings. The molecule has 0 radical (unpaired) electrons. The smallest absolute Gasteiger partial charge is 0.356 e. The van der Waals surface area contributed by atoms with Crippen LogP contribution < -0.4 is 5.06 Å². The Balaban J connectivity index is 2.31. The van der Waals surface area contributed by atoms with Gasteiger partial charge in [-0.1, -0.05) is 12.1 Å². The van der Waals surface area contributed by atoms with Crippen LogP contribution in [0.4, 0.5) is 5.69 Å². The summed E-state index contributed by atoms with van der Waals surface area (Å²) in [7, 11) is 0. The summed E-state index contributed by atoms with van der Waals surface area (Å²) in [6.45, 7) is 1.67. The molecule has 1 atom stereocenters. The van der Waals surface area contributed by atoms with Gasteiger partial charge in [-0.3, -0.25) is 4.57 Å². The lowest BCUT2D eigenvalue weighted by atomic mass is 10.1. The van der Waals surface area contributed by atoms with E-state index in [2.05, 4.69) is 4.98 Å². The summed E-state index contributed by atoms with van der Waals surface area (Å²) < 4.78 is 1.66. The Hall–Kier alpha value is -2.34. The lowest BCUT2D eigenvalue weighted by molar-refractivity contribution is 0.0689. The molecule has 0 saturated carbocycles. The first-order valence-corrected chi connectivity index (χ1v) is 5.47. The van der Waals surface area contributed by atoms with Crippen LogP contribution in [0.15, 0.2) is 30.6 Å². The van der Waals surface area contributed by atoms with Gasteiger partial charge in [-0.2, -0.15) is 0 Å². The number of nitrogens with zero attached hydrogens (tertiary/aromatic N) is 3. The van der Waals surface area contributed by atoms with E-state index in [0.717, 1.165) is 5.06 Å². The van der Waals surface area contributed by atoms with E-state index in [9.17, 15) is 10.0 Å². The number of imidazole rings is 1. The normalized spacial score (nSPS) is 17.2. The van der Waals surface area contributed by atoms with Gasteiger partial charge in [0.05, 0.1) is 23.1 Å². The Kier molecular flexibility index (Phi) is 2.14. The molecule has 92 valence electrons. The van der Waals surface area contributed by atoms with Gasteiger partial charge < -0.3 is 15.4 Å². The minimum absolute atomic E-state index is 0.0714. The maximum Gasteiger partial charge on any atom is 0.356 e. The molecule has 0 amide bonds. The van der Waals surface area contributed by atoms with Gasteiger partial charge in [0, 0.05) is 0 Å². The molecule has 6 nitrogen and oxygen atoms in total. The zero-order chi connectivity index (χ0) is 12.9. The van der Waals surface area contributed by atoms with E-state index in [1.807, 2.05) is 0 Å². The maximum absolute atomic E-state index is 12.1. The number of hydroxylamine groups is 1. The van der Waals surface area contributed by atoms with Gasteiger partial charge in [-0.15, -0.1) is 0 Å². The van der Waals surface area contributed by atoms with E-state index in [4.69, 9.17) is 5.11 Å². The van der Waals surface area contributed by atoms with E-state index < -0.39 is 12.0 Å². The van der Waals surface area contributed by atoms with E-state index in [1.165, 1.54) is 6.33 Å². The Labute approximate surface area is 103 Å². The molecule has 1 aliphatic heterocycles. The summed E-state index contributed by atoms with van der Waals surface area (Å²) in [5.41, 5.74) is 1.52. The van der Waals surface area contributed by atoms with Crippen LogP contribution in [0.5, 0.6) is 0 Å². The number of fused-ring (bicyclic) bond motifs is 3. The Bertz CT molecular complexity index is 635. The summed E-state index contributed by atoms with van der Waals surface area (Å²) in [6.07, 6.45) is 1.45. The number of para-hydroxylation sites is 2. The summed E-state index contributed by atoms with van der Waals surface area (Å²) >= 11 is 0. The van der Waals surface area contributed by atoms with Crippen molar-refractivity contribution in [2.75, 3.05) is 5.06 Å². The molecule has 0 spiro atoms. The molecular weight excluding hydrogens is 234 g/mol. The first-order valence-electron chi connectivity index (χ1n) is 5.47. The van der Waals surface area contributed by atoms with Gasteiger partial charge >= 0.3 is 5.97 Å². The third-order valence-electron chi connectivity index (χ3n) is 3.13. The second-order valence-electron chi connectivity index (χ2n) is 4.14. The van der Waals surface area contributed by atoms with Crippen molar-refractivity contribution in [2.45, 2.75) is 13.0 Å². The zero-order valence-electron chi connectivity index (χ0n) is 9.57. The predicted octanol–water partition coefficient (Wildman–Crippen LogP) is 1.95. The molecule has 2 heterocycles. The van der Waals surface area contributed by atoms with E-state index >= 15 is 0 Å². The number of carboxylic acids is 1. The minimum atomic E-state index is -1.12. The van der Waals surface area contributed by atoms with Gasteiger partial charge in [-0.05, 0) is 19.1 Å². The number of carbonyl (C=O) groups is 1. The van der Waals surface area contributed by atoms with Crippen LogP contribution in [0.25, 0.3) is 5.69 Å². The number of carboxylic acid groups (broad SMARTS) is 1. The fourth-order valence-electron chi connectivity index (χ4n) is 2.29. The van der Waals surface area contributed by atoms with E-state index in [-0.39, 0.29) is 5.69 Å². The van der Waals surface area contributed by atoms with Crippen LogP contribution in [0.3, 0.4) is 0 Å². The lowest BCUT2D eigenvalue weighted by Gasteiger charge is -2.42. The van der Waals surface area contributed by atoms with Gasteiger partial charge in [0.25, 0.3) is 0 Å². The molecular formula is C12H10N3O3-. The Morgan fingerprint density at radius 1 is 1.39 bits per heavy atom. The third-order valence-corrected chi connectivity index (χ3v) is 3.13. The number of hydrogen-bond acceptors (Lipinski definition) is 4. The zero-order valence-corrected chi connectivity index (χ0v) is 9.57. The fourth-order valence-corrected chi connectivity index (χ4v) is 2.29. The average Bonchev–Trinajstić information content (AvgIpc) is 2.81. The Morgan fingerprint density at radius 2 is 2.06 bits per heavy atom. The predicted molar refractivity (Wildman–Crippen MR) is 64.8 cm³/mol. The van der Waals surface area contributed by atoms with Crippen LogP contribution in [0, 0.1) is 5.21 Å². The lowest BCUT2D eigenvalue weighted by Crippen LogP contribution is -2.29. The summed E-state index contributed by atoms with van der Waals surface area (Å²) in [4.78, 5) is 15.0. The van der Waals surface area contributed by atoms with E-state index in [1.54, 1.807) is 35.8 Å². The van der Waals surface area contributed by atoms with Crippen molar-refractivity contribution in [3.63, 3.8) is 0 Å². The van der Waals surface area contributed by atoms with Crippen LogP contribution >= 0.6 is 0 Å². The fraction of sp³-hybridized carbons (Fsp3) is 0.167. The number of benzene rings is 1. The number of anilines is 1. The second-order valence-corrected chi connectivity index (χ2v) is 4.14. The molecule has 1 aromatic carbocycles. The molecule has 1 unspecified atom stereocenters. The average molecular weight is 244 g/mol. The summed E-state index contributed by atoms with van der Waals surface area (Å²) in [5.74, 6) is -1.12. The molecule has 6 heteroatoms. The van der Waals surface area contributed by atoms with Crippen LogP contribution in [0.1, 0.15) is 29.1 Å². The molecule has 0 fully saturated rings. The minimum Gasteiger partial charge on any atom is -0.758 e. The molecule has 1 aliphatic rings. The van der Waals surface area contributed by atoms with Crippen molar-refractivity contribution >= 4 is 11.7 Å². The van der Waals surface area contributed by atoms with Gasteiger partial charge in [0.2, 0.25) is 0 Å². The van der Waals surface area contributed by atoms with Crippen molar-refractivity contribution in [3.8, 4) is 5.69 Å². The highest BCUT2D eigenvalue weighted by Gasteiger charge is 2.29. The number of aromatic nitrogens is 2. The second kappa shape index (κ2) is 3.58. The largest absolute Gasteiger partial charge is 0.758 e. The quantitative estimate of drug-likeness (QED) is 0.829. The monoisotopic (exact) mass is 244 g/mol. The first kappa shape index (κ1) is 10.8. The van der Waals surface area contributed by atoms with Gasteiger partial charge in [0.1, 0.15) is 6.33 Å². The molecule has 0 saturated heterocycles. The summed E-state index contributed by atoms with van der Waals surface area (Å²) in [5, 5.41) is 22.0. The highest BCUT2D eigenvalue weighted by molar-refractivity contribution is 5.88. The molecule has 1 N–H and O–H groups in total. The van der Waals surface area contributed by atoms with Crippen LogP contribution in [0.2, 0.25) is 0 Å². The van der Waals surface area contributed by atoms with Crippen molar-refractivity contribution in [1.29, 1.82) is 0 Å². The number of rotatable bonds is 1. The van der Waals surface area contributed by atoms with Crippen LogP contribution in [-0.4, -0.2) is 20.6 Å². The summed E-state index contributed by atoms with van der Waals surface area (Å²) in [6, 6.07) is 6.47. The van der Waals surface area contributed by atoms with Crippen molar-refractivity contribution in [2.24, 2.45) is 0 Å². The van der Waals surface area contributed by atoms with E-state index in [0.29, 0.717) is 17.1 Å². The molecule has 3 rings (SSSR count). The number of aromatic carboxylic acids is 1. The van der Waals surface area contributed by atoms with Crippen molar-refractivity contribution in [3.05, 3.63) is 47.2 Å². The van der Waals surface area contributed by atoms with Crippen molar-refractivity contribution in [1.82, 2.24) is 9.55 Å². The topological polar surface area (TPSA) is 81.4 Å². The highest BCUT2D eigenvalue weighted by atomic mass is 16.5. The molecule has 0 bridgehead atoms. The van der Waals surface area contributed by atoms with Crippen LogP contribution in [-0.2, 0) is 0 Å². The highest BCUT2D eigenvalue weighted by Crippen LogP contribution is 2.38.